The molecule has 3 rings (SSSR count). The number of hydrogen-bond acceptors (Lipinski definition) is 5. The van der Waals surface area contributed by atoms with Crippen molar-refractivity contribution < 1.29 is 9.47 Å². The fraction of sp³-hybridized carbons (Fsp3) is 0.200. The molecular weight excluding hydrogens is 268 g/mol. The molecular formula is C15H16N4O2. The summed E-state index contributed by atoms with van der Waals surface area (Å²) in [5.41, 5.74) is 8.30. The zero-order chi connectivity index (χ0) is 14.8. The highest BCUT2D eigenvalue weighted by Crippen LogP contribution is 2.20. The smallest absolute Gasteiger partial charge is 0.175 e. The summed E-state index contributed by atoms with van der Waals surface area (Å²) >= 11 is 0. The minimum atomic E-state index is 0.303. The van der Waals surface area contributed by atoms with Crippen molar-refractivity contribution in [2.75, 3.05) is 12.8 Å². The van der Waals surface area contributed by atoms with Gasteiger partial charge < -0.3 is 15.2 Å². The van der Waals surface area contributed by atoms with Crippen LogP contribution in [0.15, 0.2) is 36.5 Å². The molecule has 0 amide bonds. The van der Waals surface area contributed by atoms with Crippen LogP contribution in [0.4, 0.5) is 5.69 Å². The van der Waals surface area contributed by atoms with E-state index >= 15 is 0 Å². The highest BCUT2D eigenvalue weighted by atomic mass is 16.5. The number of aryl methyl sites for hydroxylation is 1. The molecule has 0 aliphatic carbocycles. The van der Waals surface area contributed by atoms with E-state index in [9.17, 15) is 0 Å². The summed E-state index contributed by atoms with van der Waals surface area (Å²) in [7, 11) is 1.62. The van der Waals surface area contributed by atoms with Gasteiger partial charge in [0.25, 0.3) is 0 Å². The number of aromatic nitrogens is 3. The average molecular weight is 284 g/mol. The van der Waals surface area contributed by atoms with Crippen molar-refractivity contribution in [1.82, 2.24) is 14.6 Å². The molecule has 0 atom stereocenters. The standard InChI is InChI=1S/C15H16N4O2/c1-10-6-11(16)8-19-14(17-18-15(10)19)9-21-13-5-3-4-12(7-13)20-2/h3-8H,9,16H2,1-2H3. The highest BCUT2D eigenvalue weighted by Gasteiger charge is 2.09. The van der Waals surface area contributed by atoms with E-state index in [1.165, 1.54) is 0 Å². The third-order valence-corrected chi connectivity index (χ3v) is 3.19. The molecule has 3 aromatic rings. The van der Waals surface area contributed by atoms with Gasteiger partial charge in [-0.25, -0.2) is 0 Å². The number of pyridine rings is 1. The van der Waals surface area contributed by atoms with E-state index in [2.05, 4.69) is 10.2 Å². The van der Waals surface area contributed by atoms with Gasteiger partial charge in [0.2, 0.25) is 0 Å². The van der Waals surface area contributed by atoms with Crippen LogP contribution in [0.1, 0.15) is 11.4 Å². The minimum Gasteiger partial charge on any atom is -0.497 e. The lowest BCUT2D eigenvalue weighted by atomic mass is 10.3. The van der Waals surface area contributed by atoms with Crippen LogP contribution in [-0.4, -0.2) is 21.7 Å². The Morgan fingerprint density at radius 3 is 2.81 bits per heavy atom. The van der Waals surface area contributed by atoms with Crippen molar-refractivity contribution >= 4 is 11.3 Å². The lowest BCUT2D eigenvalue weighted by Gasteiger charge is -2.07. The van der Waals surface area contributed by atoms with E-state index in [-0.39, 0.29) is 0 Å². The number of anilines is 1. The Morgan fingerprint density at radius 1 is 1.19 bits per heavy atom. The second-order valence-corrected chi connectivity index (χ2v) is 4.73. The lowest BCUT2D eigenvalue weighted by molar-refractivity contribution is 0.292. The Kier molecular flexibility index (Phi) is 3.35. The Balaban J connectivity index is 1.85. The second-order valence-electron chi connectivity index (χ2n) is 4.73. The van der Waals surface area contributed by atoms with Crippen LogP contribution in [-0.2, 0) is 6.61 Å². The van der Waals surface area contributed by atoms with Gasteiger partial charge in [-0.05, 0) is 30.7 Å². The Hall–Kier alpha value is -2.76. The van der Waals surface area contributed by atoms with Gasteiger partial charge in [0.05, 0.1) is 7.11 Å². The number of benzene rings is 1. The van der Waals surface area contributed by atoms with Gasteiger partial charge in [0, 0.05) is 18.0 Å². The monoisotopic (exact) mass is 284 g/mol. The highest BCUT2D eigenvalue weighted by molar-refractivity contribution is 5.54. The zero-order valence-electron chi connectivity index (χ0n) is 11.9. The fourth-order valence-electron chi connectivity index (χ4n) is 2.17. The molecule has 2 heterocycles. The number of fused-ring (bicyclic) bond motifs is 1. The predicted octanol–water partition coefficient (Wildman–Crippen LogP) is 2.21. The van der Waals surface area contributed by atoms with E-state index in [1.54, 1.807) is 13.3 Å². The fourth-order valence-corrected chi connectivity index (χ4v) is 2.17. The average Bonchev–Trinajstić information content (AvgIpc) is 2.88. The van der Waals surface area contributed by atoms with Crippen molar-refractivity contribution in [3.8, 4) is 11.5 Å². The maximum atomic E-state index is 5.86. The van der Waals surface area contributed by atoms with Crippen LogP contribution < -0.4 is 15.2 Å². The van der Waals surface area contributed by atoms with Crippen molar-refractivity contribution in [3.63, 3.8) is 0 Å². The van der Waals surface area contributed by atoms with Crippen molar-refractivity contribution in [2.45, 2.75) is 13.5 Å². The predicted molar refractivity (Wildman–Crippen MR) is 79.5 cm³/mol. The van der Waals surface area contributed by atoms with Gasteiger partial charge in [0.15, 0.2) is 11.5 Å². The molecule has 0 radical (unpaired) electrons. The molecule has 1 aromatic carbocycles. The van der Waals surface area contributed by atoms with Gasteiger partial charge in [-0.3, -0.25) is 4.40 Å². The van der Waals surface area contributed by atoms with Gasteiger partial charge in [-0.1, -0.05) is 6.07 Å². The van der Waals surface area contributed by atoms with Gasteiger partial charge in [0.1, 0.15) is 18.1 Å². The zero-order valence-corrected chi connectivity index (χ0v) is 11.9. The molecule has 21 heavy (non-hydrogen) atoms. The number of methoxy groups -OCH3 is 1. The first-order valence-electron chi connectivity index (χ1n) is 6.54. The summed E-state index contributed by atoms with van der Waals surface area (Å²) in [6, 6.07) is 9.30. The van der Waals surface area contributed by atoms with E-state index in [1.807, 2.05) is 41.7 Å². The van der Waals surface area contributed by atoms with Gasteiger partial charge >= 0.3 is 0 Å². The Morgan fingerprint density at radius 2 is 2.00 bits per heavy atom. The second kappa shape index (κ2) is 5.32. The number of ether oxygens (including phenoxy) is 2. The van der Waals surface area contributed by atoms with E-state index in [0.717, 1.165) is 17.0 Å². The minimum absolute atomic E-state index is 0.303. The third kappa shape index (κ3) is 2.60. The van der Waals surface area contributed by atoms with Crippen LogP contribution in [0, 0.1) is 6.92 Å². The molecule has 6 nitrogen and oxygen atoms in total. The summed E-state index contributed by atoms with van der Waals surface area (Å²) in [5.74, 6) is 2.16. The molecule has 2 N–H and O–H groups in total. The molecule has 0 saturated carbocycles. The summed E-state index contributed by atoms with van der Waals surface area (Å²) in [5, 5.41) is 8.31. The molecule has 0 saturated heterocycles. The van der Waals surface area contributed by atoms with Gasteiger partial charge in [-0.15, -0.1) is 10.2 Å². The van der Waals surface area contributed by atoms with Gasteiger partial charge in [-0.2, -0.15) is 0 Å². The lowest BCUT2D eigenvalue weighted by Crippen LogP contribution is -2.03. The molecule has 0 unspecified atom stereocenters. The van der Waals surface area contributed by atoms with E-state index in [0.29, 0.717) is 23.9 Å². The van der Waals surface area contributed by atoms with Crippen molar-refractivity contribution in [3.05, 3.63) is 47.9 Å². The van der Waals surface area contributed by atoms with Crippen molar-refractivity contribution in [2.24, 2.45) is 0 Å². The topological polar surface area (TPSA) is 74.7 Å². The molecule has 0 aliphatic heterocycles. The normalized spacial score (nSPS) is 10.8. The molecule has 0 spiro atoms. The van der Waals surface area contributed by atoms with E-state index < -0.39 is 0 Å². The summed E-state index contributed by atoms with van der Waals surface area (Å²) in [6.45, 7) is 2.25. The first-order valence-corrected chi connectivity index (χ1v) is 6.54. The molecule has 108 valence electrons. The van der Waals surface area contributed by atoms with Crippen LogP contribution >= 0.6 is 0 Å². The summed E-state index contributed by atoms with van der Waals surface area (Å²) < 4.78 is 12.8. The summed E-state index contributed by atoms with van der Waals surface area (Å²) in [4.78, 5) is 0. The Bertz CT molecular complexity index is 782. The summed E-state index contributed by atoms with van der Waals surface area (Å²) in [6.07, 6.45) is 1.80. The van der Waals surface area contributed by atoms with Crippen LogP contribution in [0.5, 0.6) is 11.5 Å². The third-order valence-electron chi connectivity index (χ3n) is 3.19. The molecule has 0 aliphatic rings. The van der Waals surface area contributed by atoms with E-state index in [4.69, 9.17) is 15.2 Å². The molecule has 6 heteroatoms. The quantitative estimate of drug-likeness (QED) is 0.795. The molecule has 0 fully saturated rings. The Labute approximate surface area is 122 Å². The van der Waals surface area contributed by atoms with Crippen molar-refractivity contribution in [1.29, 1.82) is 0 Å². The number of nitrogen functional groups attached to an aromatic ring is 1. The largest absolute Gasteiger partial charge is 0.497 e. The maximum Gasteiger partial charge on any atom is 0.175 e. The number of hydrogen-bond donors (Lipinski definition) is 1. The SMILES string of the molecule is COc1cccc(OCc2nnc3c(C)cc(N)cn23)c1. The van der Waals surface area contributed by atoms with Crippen LogP contribution in [0.25, 0.3) is 5.65 Å². The van der Waals surface area contributed by atoms with Crippen LogP contribution in [0.3, 0.4) is 0 Å². The first kappa shape index (κ1) is 13.2. The number of nitrogens with zero attached hydrogens (tertiary/aromatic N) is 3. The first-order chi connectivity index (χ1) is 10.2. The number of rotatable bonds is 4. The number of nitrogens with two attached hydrogens (primary N) is 1. The molecule has 2 aromatic heterocycles. The molecule has 0 bridgehead atoms. The maximum absolute atomic E-state index is 5.86. The van der Waals surface area contributed by atoms with Crippen LogP contribution in [0.2, 0.25) is 0 Å².